The second kappa shape index (κ2) is 7.03. The Morgan fingerprint density at radius 3 is 2.54 bits per heavy atom. The molecule has 3 heterocycles. The van der Waals surface area contributed by atoms with Crippen molar-refractivity contribution in [2.75, 3.05) is 31.1 Å². The van der Waals surface area contributed by atoms with Crippen molar-refractivity contribution >= 4 is 33.3 Å². The van der Waals surface area contributed by atoms with Gasteiger partial charge in [0.2, 0.25) is 0 Å². The van der Waals surface area contributed by atoms with Crippen molar-refractivity contribution in [1.29, 1.82) is 0 Å². The molecule has 1 amide bonds. The highest BCUT2D eigenvalue weighted by molar-refractivity contribution is 7.18. The van der Waals surface area contributed by atoms with Crippen molar-refractivity contribution in [3.05, 3.63) is 52.7 Å². The van der Waals surface area contributed by atoms with Gasteiger partial charge in [-0.1, -0.05) is 19.1 Å². The first-order valence-corrected chi connectivity index (χ1v) is 9.81. The van der Waals surface area contributed by atoms with Crippen molar-refractivity contribution in [2.24, 2.45) is 0 Å². The molecule has 1 aromatic carbocycles. The molecule has 0 saturated carbocycles. The fourth-order valence-electron chi connectivity index (χ4n) is 3.40. The zero-order valence-corrected chi connectivity index (χ0v) is 15.9. The Balaban J connectivity index is 1.47. The molecule has 6 heteroatoms. The summed E-state index contributed by atoms with van der Waals surface area (Å²) < 4.78 is 0. The van der Waals surface area contributed by atoms with E-state index in [1.165, 1.54) is 10.4 Å². The predicted molar refractivity (Wildman–Crippen MR) is 106 cm³/mol. The van der Waals surface area contributed by atoms with Gasteiger partial charge in [-0.25, -0.2) is 9.97 Å². The Kier molecular flexibility index (Phi) is 4.59. The average Bonchev–Trinajstić information content (AvgIpc) is 3.08. The van der Waals surface area contributed by atoms with E-state index in [4.69, 9.17) is 0 Å². The van der Waals surface area contributed by atoms with Crippen LogP contribution in [0.4, 0.5) is 5.82 Å². The van der Waals surface area contributed by atoms with Crippen LogP contribution in [0.3, 0.4) is 0 Å². The zero-order chi connectivity index (χ0) is 18.1. The third-order valence-electron chi connectivity index (χ3n) is 4.91. The first-order valence-electron chi connectivity index (χ1n) is 9.00. The molecule has 2 aromatic heterocycles. The number of benzene rings is 1. The number of hydrogen-bond acceptors (Lipinski definition) is 5. The first-order chi connectivity index (χ1) is 12.7. The number of piperazine rings is 1. The summed E-state index contributed by atoms with van der Waals surface area (Å²) >= 11 is 1.69. The second-order valence-corrected chi connectivity index (χ2v) is 7.84. The van der Waals surface area contributed by atoms with Gasteiger partial charge in [-0.2, -0.15) is 0 Å². The normalized spacial score (nSPS) is 14.8. The Bertz CT molecular complexity index is 927. The molecule has 0 N–H and O–H groups in total. The topological polar surface area (TPSA) is 49.3 Å². The summed E-state index contributed by atoms with van der Waals surface area (Å²) in [5.74, 6) is 1.10. The first kappa shape index (κ1) is 17.0. The maximum atomic E-state index is 12.7. The van der Waals surface area contributed by atoms with Crippen LogP contribution >= 0.6 is 11.3 Å². The van der Waals surface area contributed by atoms with E-state index in [2.05, 4.69) is 34.8 Å². The zero-order valence-electron chi connectivity index (χ0n) is 15.1. The third kappa shape index (κ3) is 3.17. The highest BCUT2D eigenvalue weighted by Gasteiger charge is 2.24. The minimum Gasteiger partial charge on any atom is -0.352 e. The van der Waals surface area contributed by atoms with Gasteiger partial charge in [-0.05, 0) is 37.1 Å². The standard InChI is InChI=1S/C20H22N4OS/c1-3-15-4-6-16(7-5-15)20(25)24-10-8-23(9-11-24)18-17-12-14(2)26-19(17)22-13-21-18/h4-7,12-13H,3,8-11H2,1-2H3. The minimum atomic E-state index is 0.117. The van der Waals surface area contributed by atoms with E-state index in [1.807, 2.05) is 29.2 Å². The Hall–Kier alpha value is -2.47. The van der Waals surface area contributed by atoms with Crippen molar-refractivity contribution in [3.8, 4) is 0 Å². The molecule has 0 unspecified atom stereocenters. The van der Waals surface area contributed by atoms with Gasteiger partial charge in [0.15, 0.2) is 0 Å². The summed E-state index contributed by atoms with van der Waals surface area (Å²) in [6.07, 6.45) is 2.63. The quantitative estimate of drug-likeness (QED) is 0.712. The monoisotopic (exact) mass is 366 g/mol. The molecular formula is C20H22N4OS. The molecule has 0 bridgehead atoms. The van der Waals surface area contributed by atoms with Crippen molar-refractivity contribution in [1.82, 2.24) is 14.9 Å². The lowest BCUT2D eigenvalue weighted by molar-refractivity contribution is 0.0746. The molecule has 0 spiro atoms. The molecule has 1 saturated heterocycles. The lowest BCUT2D eigenvalue weighted by Gasteiger charge is -2.35. The molecule has 0 aliphatic carbocycles. The fourth-order valence-corrected chi connectivity index (χ4v) is 4.24. The number of aromatic nitrogens is 2. The van der Waals surface area contributed by atoms with Gasteiger partial charge in [0, 0.05) is 36.6 Å². The molecule has 134 valence electrons. The number of amides is 1. The number of thiophene rings is 1. The maximum absolute atomic E-state index is 12.7. The summed E-state index contributed by atoms with van der Waals surface area (Å²) in [5, 5.41) is 1.12. The van der Waals surface area contributed by atoms with Crippen LogP contribution < -0.4 is 4.90 Å². The van der Waals surface area contributed by atoms with E-state index in [1.54, 1.807) is 17.7 Å². The second-order valence-electron chi connectivity index (χ2n) is 6.60. The van der Waals surface area contributed by atoms with Crippen molar-refractivity contribution in [2.45, 2.75) is 20.3 Å². The van der Waals surface area contributed by atoms with Crippen LogP contribution in [0.1, 0.15) is 27.7 Å². The number of nitrogens with zero attached hydrogens (tertiary/aromatic N) is 4. The van der Waals surface area contributed by atoms with Crippen molar-refractivity contribution < 1.29 is 4.79 Å². The number of hydrogen-bond donors (Lipinski definition) is 0. The van der Waals surface area contributed by atoms with Crippen LogP contribution in [-0.2, 0) is 6.42 Å². The number of fused-ring (bicyclic) bond motifs is 1. The van der Waals surface area contributed by atoms with E-state index in [9.17, 15) is 4.79 Å². The minimum absolute atomic E-state index is 0.117. The van der Waals surface area contributed by atoms with Gasteiger partial charge < -0.3 is 9.80 Å². The van der Waals surface area contributed by atoms with Crippen LogP contribution in [0.2, 0.25) is 0 Å². The molecule has 4 rings (SSSR count). The van der Waals surface area contributed by atoms with E-state index < -0.39 is 0 Å². The lowest BCUT2D eigenvalue weighted by Crippen LogP contribution is -2.49. The molecule has 3 aromatic rings. The molecule has 0 atom stereocenters. The summed E-state index contributed by atoms with van der Waals surface area (Å²) in [6, 6.07) is 10.1. The van der Waals surface area contributed by atoms with Crippen LogP contribution in [0.5, 0.6) is 0 Å². The van der Waals surface area contributed by atoms with Gasteiger partial charge in [0.1, 0.15) is 17.0 Å². The van der Waals surface area contributed by atoms with E-state index in [0.29, 0.717) is 13.1 Å². The van der Waals surface area contributed by atoms with Crippen LogP contribution in [0.25, 0.3) is 10.2 Å². The van der Waals surface area contributed by atoms with Crippen LogP contribution in [0, 0.1) is 6.92 Å². The highest BCUT2D eigenvalue weighted by atomic mass is 32.1. The van der Waals surface area contributed by atoms with E-state index >= 15 is 0 Å². The largest absolute Gasteiger partial charge is 0.352 e. The summed E-state index contributed by atoms with van der Waals surface area (Å²) in [6.45, 7) is 7.22. The predicted octanol–water partition coefficient (Wildman–Crippen LogP) is 3.52. The maximum Gasteiger partial charge on any atom is 0.253 e. The Morgan fingerprint density at radius 2 is 1.85 bits per heavy atom. The number of rotatable bonds is 3. The van der Waals surface area contributed by atoms with Gasteiger partial charge in [0.25, 0.3) is 5.91 Å². The fraction of sp³-hybridized carbons (Fsp3) is 0.350. The molecule has 1 fully saturated rings. The van der Waals surface area contributed by atoms with Gasteiger partial charge in [0.05, 0.1) is 5.39 Å². The van der Waals surface area contributed by atoms with E-state index in [-0.39, 0.29) is 5.91 Å². The van der Waals surface area contributed by atoms with E-state index in [0.717, 1.165) is 41.1 Å². The summed E-state index contributed by atoms with van der Waals surface area (Å²) in [5.41, 5.74) is 2.03. The van der Waals surface area contributed by atoms with Gasteiger partial charge in [-0.15, -0.1) is 11.3 Å². The smallest absolute Gasteiger partial charge is 0.253 e. The Morgan fingerprint density at radius 1 is 1.12 bits per heavy atom. The lowest BCUT2D eigenvalue weighted by atomic mass is 10.1. The number of carbonyl (C=O) groups is 1. The number of anilines is 1. The molecule has 1 aliphatic rings. The average molecular weight is 366 g/mol. The van der Waals surface area contributed by atoms with Gasteiger partial charge in [-0.3, -0.25) is 4.79 Å². The molecule has 5 nitrogen and oxygen atoms in total. The summed E-state index contributed by atoms with van der Waals surface area (Å²) in [7, 11) is 0. The molecule has 0 radical (unpaired) electrons. The Labute approximate surface area is 157 Å². The van der Waals surface area contributed by atoms with Crippen LogP contribution in [0.15, 0.2) is 36.7 Å². The van der Waals surface area contributed by atoms with Gasteiger partial charge >= 0.3 is 0 Å². The number of aryl methyl sites for hydroxylation is 2. The van der Waals surface area contributed by atoms with Crippen molar-refractivity contribution in [3.63, 3.8) is 0 Å². The molecule has 1 aliphatic heterocycles. The number of carbonyl (C=O) groups excluding carboxylic acids is 1. The molecular weight excluding hydrogens is 344 g/mol. The van der Waals surface area contributed by atoms with Crippen LogP contribution in [-0.4, -0.2) is 47.0 Å². The third-order valence-corrected chi connectivity index (χ3v) is 5.87. The molecule has 26 heavy (non-hydrogen) atoms. The SMILES string of the molecule is CCc1ccc(C(=O)N2CCN(c3ncnc4sc(C)cc34)CC2)cc1. The summed E-state index contributed by atoms with van der Waals surface area (Å²) in [4.78, 5) is 28.1. The highest BCUT2D eigenvalue weighted by Crippen LogP contribution is 2.30.